The summed E-state index contributed by atoms with van der Waals surface area (Å²) in [4.78, 5) is 11.1. The van der Waals surface area contributed by atoms with E-state index in [-0.39, 0.29) is 10.5 Å². The number of anilines is 1. The standard InChI is InChI=1S/C15H24N2O4S/c1-3-5-6-10-16-13-8-7-12(15(18)19)11-14(13)22(20,21)17-9-4-2/h7-8,11,16-17H,3-6,9-10H2,1-2H3,(H,18,19). The van der Waals surface area contributed by atoms with Gasteiger partial charge in [0.1, 0.15) is 4.90 Å². The average molecular weight is 328 g/mol. The monoisotopic (exact) mass is 328 g/mol. The van der Waals surface area contributed by atoms with Crippen LogP contribution in [-0.4, -0.2) is 32.6 Å². The summed E-state index contributed by atoms with van der Waals surface area (Å²) in [5, 5.41) is 12.1. The van der Waals surface area contributed by atoms with Gasteiger partial charge in [-0.25, -0.2) is 17.9 Å². The molecule has 124 valence electrons. The van der Waals surface area contributed by atoms with Crippen molar-refractivity contribution >= 4 is 21.7 Å². The number of aromatic carboxylic acids is 1. The molecule has 0 spiro atoms. The van der Waals surface area contributed by atoms with Crippen molar-refractivity contribution in [3.63, 3.8) is 0 Å². The number of hydrogen-bond acceptors (Lipinski definition) is 4. The first-order chi connectivity index (χ1) is 10.4. The maximum Gasteiger partial charge on any atom is 0.335 e. The Bertz CT molecular complexity index is 600. The lowest BCUT2D eigenvalue weighted by molar-refractivity contribution is 0.0696. The van der Waals surface area contributed by atoms with Crippen molar-refractivity contribution in [3.8, 4) is 0 Å². The van der Waals surface area contributed by atoms with E-state index in [2.05, 4.69) is 17.0 Å². The largest absolute Gasteiger partial charge is 0.478 e. The van der Waals surface area contributed by atoms with E-state index in [9.17, 15) is 13.2 Å². The predicted molar refractivity (Wildman–Crippen MR) is 86.9 cm³/mol. The topological polar surface area (TPSA) is 95.5 Å². The first-order valence-electron chi connectivity index (χ1n) is 7.53. The van der Waals surface area contributed by atoms with Crippen LogP contribution in [-0.2, 0) is 10.0 Å². The van der Waals surface area contributed by atoms with Gasteiger partial charge in [-0.2, -0.15) is 0 Å². The highest BCUT2D eigenvalue weighted by Crippen LogP contribution is 2.23. The Morgan fingerprint density at radius 3 is 2.45 bits per heavy atom. The summed E-state index contributed by atoms with van der Waals surface area (Å²) in [6, 6.07) is 4.11. The van der Waals surface area contributed by atoms with Gasteiger partial charge in [0.15, 0.2) is 0 Å². The highest BCUT2D eigenvalue weighted by Gasteiger charge is 2.20. The van der Waals surface area contributed by atoms with E-state index < -0.39 is 16.0 Å². The maximum atomic E-state index is 12.3. The molecule has 0 bridgehead atoms. The number of sulfonamides is 1. The minimum absolute atomic E-state index is 0.0163. The van der Waals surface area contributed by atoms with E-state index in [4.69, 9.17) is 5.11 Å². The minimum atomic E-state index is -3.73. The summed E-state index contributed by atoms with van der Waals surface area (Å²) in [5.41, 5.74) is 0.390. The molecule has 1 aromatic carbocycles. The number of benzene rings is 1. The zero-order valence-corrected chi connectivity index (χ0v) is 13.9. The molecule has 0 atom stereocenters. The Balaban J connectivity index is 3.07. The van der Waals surface area contributed by atoms with E-state index in [0.717, 1.165) is 19.3 Å². The lowest BCUT2D eigenvalue weighted by Crippen LogP contribution is -2.25. The van der Waals surface area contributed by atoms with Crippen molar-refractivity contribution in [1.29, 1.82) is 0 Å². The quantitative estimate of drug-likeness (QED) is 0.574. The molecule has 0 aromatic heterocycles. The number of rotatable bonds is 10. The minimum Gasteiger partial charge on any atom is -0.478 e. The fraction of sp³-hybridized carbons (Fsp3) is 0.533. The third-order valence-corrected chi connectivity index (χ3v) is 4.66. The number of carboxylic acids is 1. The van der Waals surface area contributed by atoms with Crippen molar-refractivity contribution in [3.05, 3.63) is 23.8 Å². The lowest BCUT2D eigenvalue weighted by atomic mass is 10.2. The Morgan fingerprint density at radius 2 is 1.86 bits per heavy atom. The first-order valence-corrected chi connectivity index (χ1v) is 9.01. The second-order valence-electron chi connectivity index (χ2n) is 5.05. The molecule has 6 nitrogen and oxygen atoms in total. The van der Waals surface area contributed by atoms with Crippen LogP contribution in [0.5, 0.6) is 0 Å². The molecule has 0 aliphatic rings. The van der Waals surface area contributed by atoms with Gasteiger partial charge in [-0.05, 0) is 31.0 Å². The molecule has 0 unspecified atom stereocenters. The van der Waals surface area contributed by atoms with Crippen LogP contribution in [0.25, 0.3) is 0 Å². The molecule has 0 saturated heterocycles. The van der Waals surface area contributed by atoms with Gasteiger partial charge in [-0.3, -0.25) is 0 Å². The molecular formula is C15H24N2O4S. The van der Waals surface area contributed by atoms with Crippen LogP contribution in [0.4, 0.5) is 5.69 Å². The normalized spacial score (nSPS) is 11.4. The van der Waals surface area contributed by atoms with Crippen molar-refractivity contribution in [2.45, 2.75) is 44.4 Å². The van der Waals surface area contributed by atoms with Gasteiger partial charge in [0, 0.05) is 13.1 Å². The number of unbranched alkanes of at least 4 members (excludes halogenated alkanes) is 2. The van der Waals surface area contributed by atoms with Crippen LogP contribution in [0.15, 0.2) is 23.1 Å². The zero-order chi connectivity index (χ0) is 16.6. The molecule has 0 fully saturated rings. The van der Waals surface area contributed by atoms with Crippen LogP contribution >= 0.6 is 0 Å². The summed E-state index contributed by atoms with van der Waals surface area (Å²) in [5.74, 6) is -1.15. The number of hydrogen-bond donors (Lipinski definition) is 3. The SMILES string of the molecule is CCCCCNc1ccc(C(=O)O)cc1S(=O)(=O)NCCC. The van der Waals surface area contributed by atoms with Gasteiger partial charge in [-0.1, -0.05) is 26.7 Å². The Morgan fingerprint density at radius 1 is 1.14 bits per heavy atom. The Kier molecular flexibility index (Phi) is 7.34. The Labute approximate surface area is 132 Å². The number of nitrogens with one attached hydrogen (secondary N) is 2. The molecular weight excluding hydrogens is 304 g/mol. The lowest BCUT2D eigenvalue weighted by Gasteiger charge is -2.14. The number of carboxylic acid groups (broad SMARTS) is 1. The Hall–Kier alpha value is -1.60. The van der Waals surface area contributed by atoms with Crippen LogP contribution in [0.2, 0.25) is 0 Å². The van der Waals surface area contributed by atoms with Crippen LogP contribution in [0.3, 0.4) is 0 Å². The molecule has 0 aliphatic heterocycles. The molecule has 0 radical (unpaired) electrons. The first kappa shape index (κ1) is 18.4. The summed E-state index contributed by atoms with van der Waals surface area (Å²) < 4.78 is 27.1. The highest BCUT2D eigenvalue weighted by molar-refractivity contribution is 7.89. The third kappa shape index (κ3) is 5.31. The van der Waals surface area contributed by atoms with Crippen LogP contribution < -0.4 is 10.0 Å². The average Bonchev–Trinajstić information content (AvgIpc) is 2.49. The molecule has 0 amide bonds. The van der Waals surface area contributed by atoms with E-state index in [1.807, 2.05) is 6.92 Å². The van der Waals surface area contributed by atoms with Gasteiger partial charge in [0.2, 0.25) is 10.0 Å². The molecule has 7 heteroatoms. The van der Waals surface area contributed by atoms with Crippen molar-refractivity contribution in [2.24, 2.45) is 0 Å². The van der Waals surface area contributed by atoms with Gasteiger partial charge in [0.05, 0.1) is 11.3 Å². The smallest absolute Gasteiger partial charge is 0.335 e. The zero-order valence-electron chi connectivity index (χ0n) is 13.1. The molecule has 22 heavy (non-hydrogen) atoms. The number of carbonyl (C=O) groups is 1. The highest BCUT2D eigenvalue weighted by atomic mass is 32.2. The van der Waals surface area contributed by atoms with Gasteiger partial charge < -0.3 is 10.4 Å². The summed E-state index contributed by atoms with van der Waals surface area (Å²) in [7, 11) is -3.73. The molecule has 1 rings (SSSR count). The molecule has 3 N–H and O–H groups in total. The molecule has 0 saturated carbocycles. The maximum absolute atomic E-state index is 12.3. The van der Waals surface area contributed by atoms with E-state index in [0.29, 0.717) is 25.2 Å². The fourth-order valence-electron chi connectivity index (χ4n) is 1.94. The van der Waals surface area contributed by atoms with Crippen molar-refractivity contribution in [1.82, 2.24) is 4.72 Å². The summed E-state index contributed by atoms with van der Waals surface area (Å²) in [6.45, 7) is 4.91. The van der Waals surface area contributed by atoms with Crippen LogP contribution in [0.1, 0.15) is 49.9 Å². The second-order valence-corrected chi connectivity index (χ2v) is 6.78. The third-order valence-electron chi connectivity index (χ3n) is 3.16. The van der Waals surface area contributed by atoms with Gasteiger partial charge >= 0.3 is 5.97 Å². The van der Waals surface area contributed by atoms with Gasteiger partial charge in [-0.15, -0.1) is 0 Å². The second kappa shape index (κ2) is 8.75. The summed E-state index contributed by atoms with van der Waals surface area (Å²) in [6.07, 6.45) is 3.72. The van der Waals surface area contributed by atoms with E-state index in [1.54, 1.807) is 0 Å². The summed E-state index contributed by atoms with van der Waals surface area (Å²) >= 11 is 0. The molecule has 1 aromatic rings. The van der Waals surface area contributed by atoms with Crippen molar-refractivity contribution < 1.29 is 18.3 Å². The fourth-order valence-corrected chi connectivity index (χ4v) is 3.28. The van der Waals surface area contributed by atoms with E-state index >= 15 is 0 Å². The molecule has 0 aliphatic carbocycles. The molecule has 0 heterocycles. The van der Waals surface area contributed by atoms with Gasteiger partial charge in [0.25, 0.3) is 0 Å². The van der Waals surface area contributed by atoms with Crippen LogP contribution in [0, 0.1) is 0 Å². The predicted octanol–water partition coefficient (Wildman–Crippen LogP) is 2.68. The van der Waals surface area contributed by atoms with E-state index in [1.165, 1.54) is 18.2 Å². The van der Waals surface area contributed by atoms with Crippen molar-refractivity contribution in [2.75, 3.05) is 18.4 Å².